The Morgan fingerprint density at radius 1 is 0.436 bits per heavy atom. The lowest BCUT2D eigenvalue weighted by atomic mass is 9.77. The summed E-state index contributed by atoms with van der Waals surface area (Å²) < 4.78 is 0. The first-order valence-electron chi connectivity index (χ1n) is 14.2. The second kappa shape index (κ2) is 16.8. The molecule has 7 heteroatoms. The van der Waals surface area contributed by atoms with Crippen molar-refractivity contribution >= 4 is 17.5 Å². The highest BCUT2D eigenvalue weighted by Gasteiger charge is 2.33. The van der Waals surface area contributed by atoms with Crippen LogP contribution in [0.1, 0.15) is 135 Å². The highest BCUT2D eigenvalue weighted by atomic mass is 16.4. The van der Waals surface area contributed by atoms with E-state index in [0.717, 1.165) is 32.1 Å². The van der Waals surface area contributed by atoms with Gasteiger partial charge in [-0.3, -0.25) is 14.4 Å². The van der Waals surface area contributed by atoms with E-state index in [1.54, 1.807) is 20.8 Å². The summed E-state index contributed by atoms with van der Waals surface area (Å²) >= 11 is 0. The van der Waals surface area contributed by atoms with E-state index in [-0.39, 0.29) is 47.6 Å². The molecule has 0 bridgehead atoms. The van der Waals surface area contributed by atoms with Gasteiger partial charge in [-0.15, -0.1) is 0 Å². The van der Waals surface area contributed by atoms with E-state index in [1.807, 2.05) is 13.8 Å². The monoisotopic (exact) mass is 560 g/mol. The van der Waals surface area contributed by atoms with Gasteiger partial charge in [0.15, 0.2) is 0 Å². The third-order valence-corrected chi connectivity index (χ3v) is 7.54. The first kappa shape index (κ1) is 42.2. The molecule has 0 saturated carbocycles. The van der Waals surface area contributed by atoms with Crippen LogP contribution in [0.2, 0.25) is 0 Å². The van der Waals surface area contributed by atoms with Gasteiger partial charge < -0.3 is 20.4 Å². The van der Waals surface area contributed by atoms with Gasteiger partial charge in [-0.1, -0.05) is 76.2 Å². The van der Waals surface area contributed by atoms with Crippen LogP contribution >= 0.6 is 0 Å². The van der Waals surface area contributed by atoms with Crippen LogP contribution in [0.3, 0.4) is 0 Å². The molecule has 0 aromatic carbocycles. The van der Waals surface area contributed by atoms with Gasteiger partial charge in [0.25, 0.3) is 0 Å². The Morgan fingerprint density at radius 2 is 0.641 bits per heavy atom. The van der Waals surface area contributed by atoms with Crippen LogP contribution in [0.25, 0.3) is 0 Å². The largest absolute Gasteiger partial charge is 0.481 e. The van der Waals surface area contributed by atoms with Crippen LogP contribution in [0.15, 0.2) is 0 Å². The van der Waals surface area contributed by atoms with Crippen molar-refractivity contribution in [3.05, 3.63) is 0 Å². The fraction of sp³-hybridized carbons (Fsp3) is 0.906. The Morgan fingerprint density at radius 3 is 0.769 bits per heavy atom. The second-order valence-corrected chi connectivity index (χ2v) is 15.8. The molecule has 0 rings (SSSR count). The number of carboxylic acid groups (broad SMARTS) is 1. The Kier molecular flexibility index (Phi) is 18.2. The van der Waals surface area contributed by atoms with Crippen LogP contribution < -0.4 is 0 Å². The minimum Gasteiger partial charge on any atom is -0.481 e. The first-order valence-corrected chi connectivity index (χ1v) is 14.2. The third-order valence-electron chi connectivity index (χ3n) is 7.54. The smallest absolute Gasteiger partial charge is 0.311 e. The SMILES string of the molecule is CC(=O)C(C)(CO)CCC(C)(C)C.CC(=O)[C@@](C)(CO)CCC(C)(C)C.CC(C)(C)CC[C@@](C)(CO)C(=O)O. The summed E-state index contributed by atoms with van der Waals surface area (Å²) in [5.41, 5.74) is -1.47. The molecule has 3 atom stereocenters. The topological polar surface area (TPSA) is 132 Å². The molecule has 0 saturated heterocycles. The standard InChI is InChI=1S/2C11H22O2.C10H20O3/c2*1-9(13)11(5,8-12)7-6-10(2,3)4;1-9(2,3)5-6-10(4,7-11)8(12)13/h2*12H,6-8H2,1-5H3;11H,5-7H2,1-4H3,(H,12,13)/t11-;;10-/m1.0/s1. The zero-order chi connectivity index (χ0) is 32.1. The number of carbonyl (C=O) groups is 3. The van der Waals surface area contributed by atoms with Crippen LogP contribution in [-0.4, -0.2) is 57.8 Å². The van der Waals surface area contributed by atoms with Gasteiger partial charge in [0.05, 0.1) is 25.2 Å². The number of rotatable bonds is 12. The van der Waals surface area contributed by atoms with Crippen LogP contribution in [0.4, 0.5) is 0 Å². The molecule has 4 N–H and O–H groups in total. The van der Waals surface area contributed by atoms with Crippen molar-refractivity contribution < 1.29 is 34.8 Å². The molecule has 234 valence electrons. The summed E-state index contributed by atoms with van der Waals surface area (Å²) in [6.45, 7) is 27.0. The van der Waals surface area contributed by atoms with Gasteiger partial charge in [0.1, 0.15) is 11.6 Å². The average Bonchev–Trinajstić information content (AvgIpc) is 2.78. The van der Waals surface area contributed by atoms with Crippen molar-refractivity contribution in [3.63, 3.8) is 0 Å². The second-order valence-electron chi connectivity index (χ2n) is 15.8. The van der Waals surface area contributed by atoms with Crippen LogP contribution in [-0.2, 0) is 14.4 Å². The number of ketones is 2. The molecule has 7 nitrogen and oxygen atoms in total. The lowest BCUT2D eigenvalue weighted by Gasteiger charge is -2.28. The van der Waals surface area contributed by atoms with Crippen molar-refractivity contribution in [3.8, 4) is 0 Å². The van der Waals surface area contributed by atoms with Crippen molar-refractivity contribution in [1.29, 1.82) is 0 Å². The minimum atomic E-state index is -0.979. The average molecular weight is 561 g/mol. The molecule has 1 unspecified atom stereocenters. The number of hydrogen-bond donors (Lipinski definition) is 4. The highest BCUT2D eigenvalue weighted by molar-refractivity contribution is 5.82. The Labute approximate surface area is 240 Å². The number of hydrogen-bond acceptors (Lipinski definition) is 6. The Hall–Kier alpha value is -1.31. The predicted octanol–water partition coefficient (Wildman–Crippen LogP) is 6.70. The van der Waals surface area contributed by atoms with E-state index in [4.69, 9.17) is 20.4 Å². The van der Waals surface area contributed by atoms with E-state index in [1.165, 1.54) is 0 Å². The maximum Gasteiger partial charge on any atom is 0.311 e. The number of aliphatic hydroxyl groups excluding tert-OH is 3. The van der Waals surface area contributed by atoms with E-state index in [2.05, 4.69) is 62.3 Å². The van der Waals surface area contributed by atoms with Crippen molar-refractivity contribution in [2.45, 2.75) is 135 Å². The molecule has 0 radical (unpaired) electrons. The molecule has 0 heterocycles. The van der Waals surface area contributed by atoms with E-state index >= 15 is 0 Å². The fourth-order valence-corrected chi connectivity index (χ4v) is 2.94. The summed E-state index contributed by atoms with van der Waals surface area (Å²) in [6, 6.07) is 0. The van der Waals surface area contributed by atoms with Crippen molar-refractivity contribution in [1.82, 2.24) is 0 Å². The molecule has 0 aliphatic carbocycles. The van der Waals surface area contributed by atoms with Gasteiger partial charge >= 0.3 is 5.97 Å². The van der Waals surface area contributed by atoms with E-state index in [0.29, 0.717) is 6.42 Å². The van der Waals surface area contributed by atoms with Gasteiger partial charge in [-0.25, -0.2) is 0 Å². The number of carbonyl (C=O) groups excluding carboxylic acids is 2. The van der Waals surface area contributed by atoms with Gasteiger partial charge in [-0.05, 0) is 75.5 Å². The normalized spacial score (nSPS) is 16.7. The number of carboxylic acids is 1. The lowest BCUT2D eigenvalue weighted by Crippen LogP contribution is -2.32. The Balaban J connectivity index is -0.000000498. The summed E-state index contributed by atoms with van der Waals surface area (Å²) in [7, 11) is 0. The van der Waals surface area contributed by atoms with E-state index < -0.39 is 22.2 Å². The summed E-state index contributed by atoms with van der Waals surface area (Å²) in [4.78, 5) is 33.3. The van der Waals surface area contributed by atoms with Gasteiger partial charge in [-0.2, -0.15) is 0 Å². The molecule has 39 heavy (non-hydrogen) atoms. The molecule has 0 aliphatic rings. The zero-order valence-electron chi connectivity index (χ0n) is 27.9. The molecule has 0 aromatic rings. The zero-order valence-corrected chi connectivity index (χ0v) is 27.9. The number of aliphatic carboxylic acids is 1. The summed E-state index contributed by atoms with van der Waals surface area (Å²) in [6.07, 6.45) is 4.77. The molecule has 0 aromatic heterocycles. The molecule has 0 amide bonds. The quantitative estimate of drug-likeness (QED) is 0.209. The van der Waals surface area contributed by atoms with Crippen molar-refractivity contribution in [2.75, 3.05) is 19.8 Å². The minimum absolute atomic E-state index is 0.0432. The number of aliphatic hydroxyl groups is 3. The molecular formula is C32H64O7. The van der Waals surface area contributed by atoms with Gasteiger partial charge in [0.2, 0.25) is 0 Å². The fourth-order valence-electron chi connectivity index (χ4n) is 2.94. The Bertz CT molecular complexity index is 639. The third kappa shape index (κ3) is 20.3. The first-order chi connectivity index (χ1) is 17.1. The van der Waals surface area contributed by atoms with Crippen LogP contribution in [0.5, 0.6) is 0 Å². The van der Waals surface area contributed by atoms with E-state index in [9.17, 15) is 14.4 Å². The molecular weight excluding hydrogens is 496 g/mol. The van der Waals surface area contributed by atoms with Gasteiger partial charge in [0, 0.05) is 10.8 Å². The van der Waals surface area contributed by atoms with Crippen LogP contribution in [0, 0.1) is 32.5 Å². The number of Topliss-reactive ketones (excluding diaryl/α,β-unsaturated/α-hetero) is 2. The molecule has 0 aliphatic heterocycles. The molecule has 0 fully saturated rings. The summed E-state index contributed by atoms with van der Waals surface area (Å²) in [5, 5.41) is 36.1. The summed E-state index contributed by atoms with van der Waals surface area (Å²) in [5.74, 6) is -0.752. The maximum absolute atomic E-state index is 11.3. The predicted molar refractivity (Wildman–Crippen MR) is 161 cm³/mol. The lowest BCUT2D eigenvalue weighted by molar-refractivity contribution is -0.151. The highest BCUT2D eigenvalue weighted by Crippen LogP contribution is 2.32. The van der Waals surface area contributed by atoms with Crippen molar-refractivity contribution in [2.24, 2.45) is 32.5 Å². The molecule has 0 spiro atoms. The maximum atomic E-state index is 11.3.